The topological polar surface area (TPSA) is 45.5 Å². The second-order valence-electron chi connectivity index (χ2n) is 12.7. The Labute approximate surface area is 290 Å². The molecule has 2 aromatic heterocycles. The zero-order valence-electron chi connectivity index (χ0n) is 27.1. The third-order valence-electron chi connectivity index (χ3n) is 9.87. The molecule has 0 aliphatic carbocycles. The van der Waals surface area contributed by atoms with Gasteiger partial charge in [-0.15, -0.1) is 0 Å². The molecule has 0 saturated carbocycles. The largest absolute Gasteiger partial charge is 0.345 e. The fourth-order valence-corrected chi connectivity index (χ4v) is 7.66. The molecular weight excluding hydrogens is 611 g/mol. The van der Waals surface area contributed by atoms with Crippen molar-refractivity contribution in [1.82, 2.24) is 14.9 Å². The summed E-state index contributed by atoms with van der Waals surface area (Å²) in [5, 5.41) is 6.05. The van der Waals surface area contributed by atoms with E-state index in [2.05, 4.69) is 178 Å². The number of para-hydroxylation sites is 2. The lowest BCUT2D eigenvalue weighted by atomic mass is 9.94. The molecule has 0 radical (unpaired) electrons. The molecule has 0 saturated heterocycles. The van der Waals surface area contributed by atoms with E-state index in [0.717, 1.165) is 61.7 Å². The van der Waals surface area contributed by atoms with Crippen molar-refractivity contribution < 1.29 is 0 Å². The quantitative estimate of drug-likeness (QED) is 0.209. The average Bonchev–Trinajstić information content (AvgIpc) is 3.47. The summed E-state index contributed by atoms with van der Waals surface area (Å²) in [5.41, 5.74) is 13.3. The van der Waals surface area contributed by atoms with Crippen molar-refractivity contribution in [3.8, 4) is 22.3 Å². The number of benzene rings is 6. The van der Waals surface area contributed by atoms with E-state index in [-0.39, 0.29) is 6.04 Å². The van der Waals surface area contributed by atoms with E-state index < -0.39 is 0 Å². The van der Waals surface area contributed by atoms with Gasteiger partial charge >= 0.3 is 0 Å². The highest BCUT2D eigenvalue weighted by atomic mass is 15.3. The number of pyridine rings is 1. The maximum Gasteiger partial charge on any atom is 0.209 e. The van der Waals surface area contributed by atoms with Gasteiger partial charge in [-0.1, -0.05) is 133 Å². The highest BCUT2D eigenvalue weighted by Crippen LogP contribution is 2.54. The molecule has 1 N–H and O–H groups in total. The maximum absolute atomic E-state index is 5.42. The Balaban J connectivity index is 1.34. The molecule has 2 aliphatic rings. The number of hydrogen-bond acceptors (Lipinski definition) is 4. The Bertz CT molecular complexity index is 2620. The van der Waals surface area contributed by atoms with Crippen LogP contribution in [0.5, 0.6) is 0 Å². The molecule has 6 aromatic carbocycles. The Kier molecular flexibility index (Phi) is 6.49. The number of aliphatic imine (C=N–C) groups is 1. The molecule has 4 heterocycles. The zero-order valence-corrected chi connectivity index (χ0v) is 27.1. The van der Waals surface area contributed by atoms with Crippen molar-refractivity contribution in [3.63, 3.8) is 0 Å². The van der Waals surface area contributed by atoms with Crippen molar-refractivity contribution >= 4 is 50.5 Å². The fourth-order valence-electron chi connectivity index (χ4n) is 7.66. The first-order valence-electron chi connectivity index (χ1n) is 17.0. The molecule has 50 heavy (non-hydrogen) atoms. The second kappa shape index (κ2) is 11.5. The van der Waals surface area contributed by atoms with E-state index in [1.54, 1.807) is 0 Å². The van der Waals surface area contributed by atoms with Crippen LogP contribution in [0.3, 0.4) is 0 Å². The van der Waals surface area contributed by atoms with Gasteiger partial charge in [-0.05, 0) is 47.0 Å². The van der Waals surface area contributed by atoms with Crippen LogP contribution in [0.4, 0.5) is 17.1 Å². The minimum absolute atomic E-state index is 0.0952. The maximum atomic E-state index is 5.42. The first kappa shape index (κ1) is 28.3. The molecule has 0 bridgehead atoms. The van der Waals surface area contributed by atoms with Crippen LogP contribution in [-0.4, -0.2) is 15.5 Å². The average molecular weight is 642 g/mol. The fraction of sp³-hybridized carbons (Fsp3) is 0.0222. The lowest BCUT2D eigenvalue weighted by Crippen LogP contribution is -2.35. The summed E-state index contributed by atoms with van der Waals surface area (Å²) in [4.78, 5) is 12.5. The summed E-state index contributed by atoms with van der Waals surface area (Å²) < 4.78 is 2.32. The number of aromatic nitrogens is 2. The standard InChI is InChI=1S/C45H31N5/c1-4-14-30(15-5-1)39-28-40(31-16-6-2-7-17-31)48-45(47-39)50-42-26-27-46-29-38(42)37-25-24-36-34-21-11-10-20-33(34)35-22-12-13-23-41(35)49(43(36)44(37)50)32-18-8-3-9-19-32/h1-29,39H,(H,47,48). The molecular formula is C45H31N5. The predicted molar refractivity (Wildman–Crippen MR) is 206 cm³/mol. The molecule has 0 amide bonds. The van der Waals surface area contributed by atoms with Gasteiger partial charge < -0.3 is 10.2 Å². The van der Waals surface area contributed by atoms with Gasteiger partial charge in [0.15, 0.2) is 0 Å². The first-order valence-corrected chi connectivity index (χ1v) is 17.0. The van der Waals surface area contributed by atoms with Crippen molar-refractivity contribution in [2.75, 3.05) is 4.90 Å². The highest BCUT2D eigenvalue weighted by Gasteiger charge is 2.32. The van der Waals surface area contributed by atoms with Crippen molar-refractivity contribution in [1.29, 1.82) is 0 Å². The Morgan fingerprint density at radius 2 is 1.22 bits per heavy atom. The second-order valence-corrected chi connectivity index (χ2v) is 12.7. The monoisotopic (exact) mass is 641 g/mol. The minimum Gasteiger partial charge on any atom is -0.345 e. The zero-order chi connectivity index (χ0) is 33.0. The van der Waals surface area contributed by atoms with Crippen LogP contribution in [0.15, 0.2) is 181 Å². The van der Waals surface area contributed by atoms with E-state index in [1.165, 1.54) is 22.3 Å². The normalized spacial score (nSPS) is 15.0. The van der Waals surface area contributed by atoms with Gasteiger partial charge in [-0.2, -0.15) is 0 Å². The molecule has 236 valence electrons. The smallest absolute Gasteiger partial charge is 0.209 e. The van der Waals surface area contributed by atoms with Crippen molar-refractivity contribution in [3.05, 3.63) is 187 Å². The van der Waals surface area contributed by atoms with Gasteiger partial charge in [-0.25, -0.2) is 4.99 Å². The number of rotatable bonds is 3. The Morgan fingerprint density at radius 1 is 0.560 bits per heavy atom. The van der Waals surface area contributed by atoms with Gasteiger partial charge in [0, 0.05) is 45.5 Å². The molecule has 1 unspecified atom stereocenters. The lowest BCUT2D eigenvalue weighted by Gasteiger charge is -2.30. The van der Waals surface area contributed by atoms with Gasteiger partial charge in [0.05, 0.1) is 34.1 Å². The summed E-state index contributed by atoms with van der Waals surface area (Å²) in [6.07, 6.45) is 6.09. The number of anilines is 3. The number of nitrogens with zero attached hydrogens (tertiary/aromatic N) is 4. The number of hydrogen-bond donors (Lipinski definition) is 1. The summed E-state index contributed by atoms with van der Waals surface area (Å²) in [6, 6.07) is 55.8. The molecule has 2 aliphatic heterocycles. The summed E-state index contributed by atoms with van der Waals surface area (Å²) in [7, 11) is 0. The Hall–Kier alpha value is -6.72. The van der Waals surface area contributed by atoms with Crippen molar-refractivity contribution in [2.24, 2.45) is 4.99 Å². The van der Waals surface area contributed by atoms with Crippen LogP contribution in [0.1, 0.15) is 17.2 Å². The number of nitrogens with one attached hydrogen (secondary N) is 1. The van der Waals surface area contributed by atoms with E-state index in [4.69, 9.17) is 4.99 Å². The van der Waals surface area contributed by atoms with Gasteiger partial charge in [-0.3, -0.25) is 9.55 Å². The molecule has 0 spiro atoms. The first-order chi connectivity index (χ1) is 24.8. The van der Waals surface area contributed by atoms with E-state index in [9.17, 15) is 0 Å². The molecule has 1 atom stereocenters. The van der Waals surface area contributed by atoms with E-state index in [1.807, 2.05) is 18.5 Å². The van der Waals surface area contributed by atoms with Gasteiger partial charge in [0.1, 0.15) is 0 Å². The van der Waals surface area contributed by atoms with Gasteiger partial charge in [0.25, 0.3) is 0 Å². The SMILES string of the molecule is C1=C(c2ccccc2)N=C(n2c3ccncc3c3ccc4c(c32)N(c2ccccc2)c2ccccc2-c2ccccc2-4)NC1c1ccccc1. The van der Waals surface area contributed by atoms with E-state index >= 15 is 0 Å². The highest BCUT2D eigenvalue weighted by molar-refractivity contribution is 6.22. The summed E-state index contributed by atoms with van der Waals surface area (Å²) in [6.45, 7) is 0. The third kappa shape index (κ3) is 4.41. The predicted octanol–water partition coefficient (Wildman–Crippen LogP) is 10.9. The molecule has 5 nitrogen and oxygen atoms in total. The Morgan fingerprint density at radius 3 is 2.00 bits per heavy atom. The van der Waals surface area contributed by atoms with Crippen LogP contribution in [0.2, 0.25) is 0 Å². The molecule has 8 aromatic rings. The third-order valence-corrected chi connectivity index (χ3v) is 9.87. The van der Waals surface area contributed by atoms with Crippen LogP contribution in [0, 0.1) is 0 Å². The number of fused-ring (bicyclic) bond motifs is 9. The molecule has 10 rings (SSSR count). The molecule has 5 heteroatoms. The van der Waals surface area contributed by atoms with E-state index in [0.29, 0.717) is 0 Å². The van der Waals surface area contributed by atoms with Crippen LogP contribution in [0.25, 0.3) is 49.8 Å². The van der Waals surface area contributed by atoms with Crippen LogP contribution >= 0.6 is 0 Å². The minimum atomic E-state index is -0.0952. The van der Waals surface area contributed by atoms with Crippen LogP contribution < -0.4 is 10.2 Å². The van der Waals surface area contributed by atoms with Gasteiger partial charge in [0.2, 0.25) is 5.96 Å². The molecule has 0 fully saturated rings. The van der Waals surface area contributed by atoms with Crippen LogP contribution in [-0.2, 0) is 0 Å². The lowest BCUT2D eigenvalue weighted by molar-refractivity contribution is 0.760. The summed E-state index contributed by atoms with van der Waals surface area (Å²) >= 11 is 0. The van der Waals surface area contributed by atoms with Crippen molar-refractivity contribution in [2.45, 2.75) is 6.04 Å². The summed E-state index contributed by atoms with van der Waals surface area (Å²) in [5.74, 6) is 0.763.